The number of benzene rings is 1. The molecule has 4 nitrogen and oxygen atoms in total. The summed E-state index contributed by atoms with van der Waals surface area (Å²) in [5, 5.41) is 3.04. The smallest absolute Gasteiger partial charge is 0.246 e. The summed E-state index contributed by atoms with van der Waals surface area (Å²) in [6.07, 6.45) is 9.15. The van der Waals surface area contributed by atoms with Gasteiger partial charge in [0.2, 0.25) is 11.8 Å². The summed E-state index contributed by atoms with van der Waals surface area (Å²) in [7, 11) is 0. The average molecular weight is 352 g/mol. The predicted octanol–water partition coefficient (Wildman–Crippen LogP) is 3.30. The van der Waals surface area contributed by atoms with E-state index in [1.165, 1.54) is 24.8 Å². The van der Waals surface area contributed by atoms with Crippen LogP contribution in [0.1, 0.15) is 50.5 Å². The van der Waals surface area contributed by atoms with Crippen LogP contribution in [0.5, 0.6) is 0 Å². The number of rotatable bonds is 3. The van der Waals surface area contributed by atoms with Gasteiger partial charge in [0.15, 0.2) is 0 Å². The van der Waals surface area contributed by atoms with Crippen molar-refractivity contribution in [3.05, 3.63) is 29.8 Å². The minimum absolute atomic E-state index is 0.0234. The molecule has 26 heavy (non-hydrogen) atoms. The van der Waals surface area contributed by atoms with Crippen LogP contribution >= 0.6 is 0 Å². The van der Waals surface area contributed by atoms with E-state index in [1.807, 2.05) is 23.1 Å². The number of aryl methyl sites for hydroxylation is 1. The van der Waals surface area contributed by atoms with Crippen molar-refractivity contribution in [2.45, 2.75) is 51.4 Å². The third-order valence-corrected chi connectivity index (χ3v) is 7.33. The minimum atomic E-state index is -0.172. The summed E-state index contributed by atoms with van der Waals surface area (Å²) in [5.74, 6) is 2.41. The van der Waals surface area contributed by atoms with Crippen molar-refractivity contribution in [1.82, 2.24) is 5.32 Å². The average Bonchev–Trinajstić information content (AvgIpc) is 2.64. The van der Waals surface area contributed by atoms with Gasteiger partial charge in [-0.05, 0) is 80.8 Å². The van der Waals surface area contributed by atoms with Crippen LogP contribution in [0.25, 0.3) is 0 Å². The third-order valence-electron chi connectivity index (χ3n) is 7.33. The highest BCUT2D eigenvalue weighted by Gasteiger charge is 2.54. The molecule has 0 atom stereocenters. The van der Waals surface area contributed by atoms with Gasteiger partial charge in [-0.1, -0.05) is 18.2 Å². The van der Waals surface area contributed by atoms with E-state index in [-0.39, 0.29) is 23.8 Å². The number of para-hydroxylation sites is 1. The topological polar surface area (TPSA) is 49.4 Å². The number of nitrogens with zero attached hydrogens (tertiary/aromatic N) is 1. The van der Waals surface area contributed by atoms with Crippen LogP contribution in [0.15, 0.2) is 24.3 Å². The zero-order chi connectivity index (χ0) is 17.7. The molecule has 1 aliphatic heterocycles. The van der Waals surface area contributed by atoms with E-state index < -0.39 is 0 Å². The fraction of sp³-hybridized carbons (Fsp3) is 0.636. The molecule has 4 fully saturated rings. The molecule has 0 radical (unpaired) electrons. The van der Waals surface area contributed by atoms with Gasteiger partial charge >= 0.3 is 0 Å². The molecule has 4 bridgehead atoms. The van der Waals surface area contributed by atoms with Crippen LogP contribution in [0.2, 0.25) is 0 Å². The Hall–Kier alpha value is -1.84. The maximum Gasteiger partial charge on any atom is 0.246 e. The molecule has 0 saturated heterocycles. The zero-order valence-corrected chi connectivity index (χ0v) is 15.4. The van der Waals surface area contributed by atoms with Crippen molar-refractivity contribution in [3.8, 4) is 0 Å². The van der Waals surface area contributed by atoms with E-state index in [2.05, 4.69) is 11.4 Å². The van der Waals surface area contributed by atoms with Crippen molar-refractivity contribution in [1.29, 1.82) is 0 Å². The normalized spacial score (nSPS) is 34.5. The Morgan fingerprint density at radius 3 is 2.38 bits per heavy atom. The second-order valence-electron chi connectivity index (χ2n) is 9.16. The molecule has 0 aromatic heterocycles. The Bertz CT molecular complexity index is 706. The van der Waals surface area contributed by atoms with E-state index in [0.29, 0.717) is 0 Å². The molecule has 1 aromatic rings. The fourth-order valence-electron chi connectivity index (χ4n) is 6.62. The number of carbonyl (C=O) groups is 2. The first-order chi connectivity index (χ1) is 12.6. The molecular weight excluding hydrogens is 324 g/mol. The Morgan fingerprint density at radius 1 is 1.04 bits per heavy atom. The van der Waals surface area contributed by atoms with Crippen LogP contribution in [0, 0.1) is 23.2 Å². The molecular formula is C22H28N2O2. The molecule has 138 valence electrons. The lowest BCUT2D eigenvalue weighted by atomic mass is 9.49. The van der Waals surface area contributed by atoms with Crippen molar-refractivity contribution in [2.24, 2.45) is 23.2 Å². The van der Waals surface area contributed by atoms with Crippen molar-refractivity contribution in [3.63, 3.8) is 0 Å². The largest absolute Gasteiger partial charge is 0.347 e. The number of anilines is 1. The predicted molar refractivity (Wildman–Crippen MR) is 101 cm³/mol. The van der Waals surface area contributed by atoms with Gasteiger partial charge in [-0.3, -0.25) is 9.59 Å². The van der Waals surface area contributed by atoms with E-state index in [1.54, 1.807) is 0 Å². The van der Waals surface area contributed by atoms with Crippen LogP contribution in [0.3, 0.4) is 0 Å². The lowest BCUT2D eigenvalue weighted by Gasteiger charge is -2.55. The Balaban J connectivity index is 1.26. The number of carbonyl (C=O) groups excluding carboxylic acids is 2. The number of amides is 2. The van der Waals surface area contributed by atoms with Gasteiger partial charge in [-0.2, -0.15) is 0 Å². The molecule has 1 heterocycles. The molecule has 4 saturated carbocycles. The molecule has 0 unspecified atom stereocenters. The molecule has 1 aromatic carbocycles. The molecule has 5 aliphatic rings. The quantitative estimate of drug-likeness (QED) is 0.907. The Morgan fingerprint density at radius 2 is 1.69 bits per heavy atom. The second kappa shape index (κ2) is 6.11. The maximum absolute atomic E-state index is 13.0. The fourth-order valence-corrected chi connectivity index (χ4v) is 6.62. The van der Waals surface area contributed by atoms with Crippen LogP contribution in [-0.2, 0) is 16.0 Å². The van der Waals surface area contributed by atoms with Gasteiger partial charge in [0.05, 0.1) is 6.54 Å². The molecule has 1 N–H and O–H groups in total. The third kappa shape index (κ3) is 2.65. The Labute approximate surface area is 155 Å². The van der Waals surface area contributed by atoms with E-state index in [4.69, 9.17) is 0 Å². The second-order valence-corrected chi connectivity index (χ2v) is 9.16. The first-order valence-corrected chi connectivity index (χ1v) is 10.3. The number of fused-ring (bicyclic) bond motifs is 1. The lowest BCUT2D eigenvalue weighted by Crippen LogP contribution is -2.55. The summed E-state index contributed by atoms with van der Waals surface area (Å²) in [6.45, 7) is 0.887. The summed E-state index contributed by atoms with van der Waals surface area (Å²) < 4.78 is 0. The van der Waals surface area contributed by atoms with Crippen LogP contribution < -0.4 is 10.2 Å². The first kappa shape index (κ1) is 16.3. The van der Waals surface area contributed by atoms with Gasteiger partial charge in [0.1, 0.15) is 0 Å². The molecule has 2 amide bonds. The summed E-state index contributed by atoms with van der Waals surface area (Å²) in [6, 6.07) is 8.14. The van der Waals surface area contributed by atoms with Crippen molar-refractivity contribution in [2.75, 3.05) is 18.0 Å². The van der Waals surface area contributed by atoms with Crippen molar-refractivity contribution >= 4 is 17.5 Å². The SMILES string of the molecule is O=C(CNC(=O)C12CC3CC(CC(C3)C1)C2)N1CCCc2ccccc21. The highest BCUT2D eigenvalue weighted by Crippen LogP contribution is 2.60. The first-order valence-electron chi connectivity index (χ1n) is 10.3. The van der Waals surface area contributed by atoms with Gasteiger partial charge < -0.3 is 10.2 Å². The van der Waals surface area contributed by atoms with Gasteiger partial charge in [-0.15, -0.1) is 0 Å². The maximum atomic E-state index is 13.0. The van der Waals surface area contributed by atoms with Gasteiger partial charge in [0.25, 0.3) is 0 Å². The van der Waals surface area contributed by atoms with Crippen LogP contribution in [0.4, 0.5) is 5.69 Å². The monoisotopic (exact) mass is 352 g/mol. The van der Waals surface area contributed by atoms with E-state index in [9.17, 15) is 9.59 Å². The number of nitrogens with one attached hydrogen (secondary N) is 1. The molecule has 0 spiro atoms. The summed E-state index contributed by atoms with van der Waals surface area (Å²) in [4.78, 5) is 27.7. The van der Waals surface area contributed by atoms with E-state index in [0.717, 1.165) is 62.1 Å². The molecule has 4 aliphatic carbocycles. The van der Waals surface area contributed by atoms with Gasteiger partial charge in [0, 0.05) is 17.6 Å². The Kier molecular flexibility index (Phi) is 3.84. The van der Waals surface area contributed by atoms with Crippen LogP contribution in [-0.4, -0.2) is 24.9 Å². The molecule has 4 heteroatoms. The summed E-state index contributed by atoms with van der Waals surface area (Å²) in [5.41, 5.74) is 2.08. The molecule has 6 rings (SSSR count). The number of hydrogen-bond donors (Lipinski definition) is 1. The lowest BCUT2D eigenvalue weighted by molar-refractivity contribution is -0.147. The van der Waals surface area contributed by atoms with Gasteiger partial charge in [-0.25, -0.2) is 0 Å². The standard InChI is InChI=1S/C22H28N2O2/c25-20(24-7-3-5-18-4-1-2-6-19(18)24)14-23-21(26)22-11-15-8-16(12-22)10-17(9-15)13-22/h1-2,4,6,15-17H,3,5,7-14H2,(H,23,26). The summed E-state index contributed by atoms with van der Waals surface area (Å²) >= 11 is 0. The zero-order valence-electron chi connectivity index (χ0n) is 15.4. The van der Waals surface area contributed by atoms with E-state index >= 15 is 0 Å². The minimum Gasteiger partial charge on any atom is -0.347 e. The highest BCUT2D eigenvalue weighted by atomic mass is 16.2. The van der Waals surface area contributed by atoms with Crippen molar-refractivity contribution < 1.29 is 9.59 Å². The highest BCUT2D eigenvalue weighted by molar-refractivity contribution is 5.98. The number of hydrogen-bond acceptors (Lipinski definition) is 2.